The van der Waals surface area contributed by atoms with Gasteiger partial charge in [0.15, 0.2) is 5.13 Å². The van der Waals surface area contributed by atoms with Crippen molar-refractivity contribution in [1.82, 2.24) is 9.88 Å². The van der Waals surface area contributed by atoms with Gasteiger partial charge in [0, 0.05) is 49.3 Å². The summed E-state index contributed by atoms with van der Waals surface area (Å²) in [5.41, 5.74) is 1.27. The number of amides is 1. The van der Waals surface area contributed by atoms with E-state index in [-0.39, 0.29) is 17.2 Å². The summed E-state index contributed by atoms with van der Waals surface area (Å²) in [6.07, 6.45) is 2.70. The van der Waals surface area contributed by atoms with Gasteiger partial charge < -0.3 is 19.3 Å². The lowest BCUT2D eigenvalue weighted by atomic mass is 9.86. The third-order valence-corrected chi connectivity index (χ3v) is 6.67. The predicted octanol–water partition coefficient (Wildman–Crippen LogP) is 1.58. The summed E-state index contributed by atoms with van der Waals surface area (Å²) >= 11 is 1.80. The molecule has 0 radical (unpaired) electrons. The van der Waals surface area contributed by atoms with Gasteiger partial charge in [-0.25, -0.2) is 4.98 Å². The molecule has 0 spiro atoms. The second-order valence-corrected chi connectivity index (χ2v) is 8.97. The normalized spacial score (nSPS) is 25.2. The number of hydrogen-bond donors (Lipinski definition) is 0. The molecule has 1 aromatic heterocycles. The largest absolute Gasteiger partial charge is 0.380 e. The van der Waals surface area contributed by atoms with Gasteiger partial charge in [0.25, 0.3) is 0 Å². The molecular formula is C18H27N3O3S. The summed E-state index contributed by atoms with van der Waals surface area (Å²) in [4.78, 5) is 23.3. The van der Waals surface area contributed by atoms with Gasteiger partial charge in [-0.3, -0.25) is 4.79 Å². The molecule has 1 aromatic rings. The van der Waals surface area contributed by atoms with Gasteiger partial charge >= 0.3 is 0 Å². The van der Waals surface area contributed by atoms with Gasteiger partial charge in [0.1, 0.15) is 0 Å². The third kappa shape index (κ3) is 3.55. The second-order valence-electron chi connectivity index (χ2n) is 7.90. The van der Waals surface area contributed by atoms with Crippen LogP contribution in [0, 0.1) is 11.3 Å². The SMILES string of the molecule is CN(CC1(C)COC1)C(=O)C1CCc2sc(N3CCOCC3)nc2C1. The number of hydrogen-bond acceptors (Lipinski definition) is 6. The van der Waals surface area contributed by atoms with Crippen molar-refractivity contribution < 1.29 is 14.3 Å². The van der Waals surface area contributed by atoms with Gasteiger partial charge in [-0.15, -0.1) is 11.3 Å². The molecule has 1 aliphatic carbocycles. The third-order valence-electron chi connectivity index (χ3n) is 5.45. The first-order valence-electron chi connectivity index (χ1n) is 9.18. The molecule has 4 rings (SSSR count). The summed E-state index contributed by atoms with van der Waals surface area (Å²) in [5, 5.41) is 1.11. The summed E-state index contributed by atoms with van der Waals surface area (Å²) < 4.78 is 10.7. The Morgan fingerprint density at radius 3 is 2.80 bits per heavy atom. The van der Waals surface area contributed by atoms with Crippen LogP contribution < -0.4 is 4.90 Å². The number of fused-ring (bicyclic) bond motifs is 1. The fourth-order valence-electron chi connectivity index (χ4n) is 3.97. The van der Waals surface area contributed by atoms with Crippen LogP contribution in [-0.2, 0) is 27.1 Å². The van der Waals surface area contributed by atoms with Crippen LogP contribution in [0.15, 0.2) is 0 Å². The molecule has 2 fully saturated rings. The molecule has 0 aromatic carbocycles. The molecular weight excluding hydrogens is 338 g/mol. The van der Waals surface area contributed by atoms with Crippen molar-refractivity contribution in [2.45, 2.75) is 26.2 Å². The highest BCUT2D eigenvalue weighted by molar-refractivity contribution is 7.15. The number of nitrogens with zero attached hydrogens (tertiary/aromatic N) is 3. The molecule has 2 saturated heterocycles. The van der Waals surface area contributed by atoms with Crippen LogP contribution >= 0.6 is 11.3 Å². The standard InChI is InChI=1S/C18H27N3O3S/c1-18(11-24-12-18)10-20(2)16(22)13-3-4-15-14(9-13)19-17(25-15)21-5-7-23-8-6-21/h13H,3-12H2,1-2H3. The number of morpholine rings is 1. The van der Waals surface area contributed by atoms with E-state index in [1.54, 1.807) is 11.3 Å². The Morgan fingerprint density at radius 2 is 2.12 bits per heavy atom. The first-order chi connectivity index (χ1) is 12.0. The molecule has 3 aliphatic rings. The van der Waals surface area contributed by atoms with E-state index in [4.69, 9.17) is 14.5 Å². The topological polar surface area (TPSA) is 54.9 Å². The number of thiazole rings is 1. The molecule has 1 amide bonds. The Bertz CT molecular complexity index is 638. The molecule has 2 aliphatic heterocycles. The molecule has 1 unspecified atom stereocenters. The van der Waals surface area contributed by atoms with Crippen LogP contribution in [0.2, 0.25) is 0 Å². The van der Waals surface area contributed by atoms with Crippen LogP contribution in [0.3, 0.4) is 0 Å². The van der Waals surface area contributed by atoms with E-state index in [0.29, 0.717) is 0 Å². The highest BCUT2D eigenvalue weighted by Crippen LogP contribution is 2.35. The minimum absolute atomic E-state index is 0.0711. The van der Waals surface area contributed by atoms with Crippen molar-refractivity contribution >= 4 is 22.4 Å². The van der Waals surface area contributed by atoms with E-state index >= 15 is 0 Å². The van der Waals surface area contributed by atoms with E-state index < -0.39 is 0 Å². The van der Waals surface area contributed by atoms with Crippen LogP contribution in [0.5, 0.6) is 0 Å². The Balaban J connectivity index is 1.40. The maximum atomic E-state index is 12.9. The van der Waals surface area contributed by atoms with Gasteiger partial charge in [0.2, 0.25) is 5.91 Å². The fourth-order valence-corrected chi connectivity index (χ4v) is 5.12. The molecule has 25 heavy (non-hydrogen) atoms. The quantitative estimate of drug-likeness (QED) is 0.811. The lowest BCUT2D eigenvalue weighted by molar-refractivity contribution is -0.145. The van der Waals surface area contributed by atoms with Crippen molar-refractivity contribution in [3.8, 4) is 0 Å². The number of rotatable bonds is 4. The number of aryl methyl sites for hydroxylation is 1. The number of carbonyl (C=O) groups is 1. The Labute approximate surface area is 153 Å². The Hall–Kier alpha value is -1.18. The molecule has 6 nitrogen and oxygen atoms in total. The molecule has 0 bridgehead atoms. The van der Waals surface area contributed by atoms with Crippen LogP contribution in [-0.4, -0.2) is 68.9 Å². The van der Waals surface area contributed by atoms with E-state index in [0.717, 1.165) is 76.1 Å². The molecule has 138 valence electrons. The number of carbonyl (C=O) groups excluding carboxylic acids is 1. The molecule has 3 heterocycles. The van der Waals surface area contributed by atoms with Gasteiger partial charge in [-0.2, -0.15) is 0 Å². The maximum absolute atomic E-state index is 12.9. The average Bonchev–Trinajstić information content (AvgIpc) is 3.03. The van der Waals surface area contributed by atoms with Crippen molar-refractivity contribution in [1.29, 1.82) is 0 Å². The zero-order valence-corrected chi connectivity index (χ0v) is 15.9. The van der Waals surface area contributed by atoms with Crippen molar-refractivity contribution in [3.63, 3.8) is 0 Å². The number of aromatic nitrogens is 1. The van der Waals surface area contributed by atoms with E-state index in [1.807, 2.05) is 11.9 Å². The molecule has 7 heteroatoms. The monoisotopic (exact) mass is 365 g/mol. The zero-order chi connectivity index (χ0) is 17.4. The molecule has 0 N–H and O–H groups in total. The lowest BCUT2D eigenvalue weighted by Crippen LogP contribution is -2.50. The van der Waals surface area contributed by atoms with Gasteiger partial charge in [0.05, 0.1) is 32.1 Å². The summed E-state index contributed by atoms with van der Waals surface area (Å²) in [6.45, 7) is 7.87. The van der Waals surface area contributed by atoms with E-state index in [9.17, 15) is 4.79 Å². The van der Waals surface area contributed by atoms with Crippen molar-refractivity contribution in [2.75, 3.05) is 58.0 Å². The Morgan fingerprint density at radius 1 is 1.36 bits per heavy atom. The second kappa shape index (κ2) is 6.85. The number of anilines is 1. The highest BCUT2D eigenvalue weighted by atomic mass is 32.1. The molecule has 1 atom stereocenters. The Kier molecular flexibility index (Phi) is 4.73. The van der Waals surface area contributed by atoms with E-state index in [1.165, 1.54) is 4.88 Å². The van der Waals surface area contributed by atoms with E-state index in [2.05, 4.69) is 11.8 Å². The van der Waals surface area contributed by atoms with Crippen LogP contribution in [0.25, 0.3) is 0 Å². The average molecular weight is 365 g/mol. The zero-order valence-electron chi connectivity index (χ0n) is 15.1. The van der Waals surface area contributed by atoms with Crippen molar-refractivity contribution in [2.24, 2.45) is 11.3 Å². The minimum atomic E-state index is 0.0711. The van der Waals surface area contributed by atoms with Crippen LogP contribution in [0.4, 0.5) is 5.13 Å². The highest BCUT2D eigenvalue weighted by Gasteiger charge is 2.37. The lowest BCUT2D eigenvalue weighted by Gasteiger charge is -2.41. The maximum Gasteiger partial charge on any atom is 0.225 e. The molecule has 0 saturated carbocycles. The fraction of sp³-hybridized carbons (Fsp3) is 0.778. The first kappa shape index (κ1) is 17.2. The van der Waals surface area contributed by atoms with Gasteiger partial charge in [-0.1, -0.05) is 6.92 Å². The minimum Gasteiger partial charge on any atom is -0.380 e. The van der Waals surface area contributed by atoms with Gasteiger partial charge in [-0.05, 0) is 12.8 Å². The predicted molar refractivity (Wildman–Crippen MR) is 97.2 cm³/mol. The summed E-state index contributed by atoms with van der Waals surface area (Å²) in [6, 6.07) is 0. The summed E-state index contributed by atoms with van der Waals surface area (Å²) in [7, 11) is 1.93. The first-order valence-corrected chi connectivity index (χ1v) is 10.00. The van der Waals surface area contributed by atoms with Crippen LogP contribution in [0.1, 0.15) is 23.9 Å². The number of ether oxygens (including phenoxy) is 2. The van der Waals surface area contributed by atoms with Crippen molar-refractivity contribution in [3.05, 3.63) is 10.6 Å². The summed E-state index contributed by atoms with van der Waals surface area (Å²) in [5.74, 6) is 0.335. The smallest absolute Gasteiger partial charge is 0.225 e.